The smallest absolute Gasteiger partial charge is 0.231 e. The predicted octanol–water partition coefficient (Wildman–Crippen LogP) is 2.87. The van der Waals surface area contributed by atoms with Crippen molar-refractivity contribution in [1.82, 2.24) is 4.90 Å². The Morgan fingerprint density at radius 3 is 2.43 bits per heavy atom. The van der Waals surface area contributed by atoms with Gasteiger partial charge in [-0.15, -0.1) is 0 Å². The summed E-state index contributed by atoms with van der Waals surface area (Å²) in [6, 6.07) is 14.0. The molecule has 0 aliphatic carbocycles. The number of allylic oxidation sites excluding steroid dienone is 1. The first-order valence-electron chi connectivity index (χ1n) is 8.46. The maximum Gasteiger partial charge on any atom is 0.231 e. The predicted molar refractivity (Wildman–Crippen MR) is 101 cm³/mol. The lowest BCUT2D eigenvalue weighted by molar-refractivity contribution is 0.101. The summed E-state index contributed by atoms with van der Waals surface area (Å²) >= 11 is 0. The first-order chi connectivity index (χ1) is 13.6. The molecule has 140 valence electrons. The molecule has 0 spiro atoms. The summed E-state index contributed by atoms with van der Waals surface area (Å²) in [4.78, 5) is 14.3. The van der Waals surface area contributed by atoms with E-state index in [0.29, 0.717) is 16.9 Å². The van der Waals surface area contributed by atoms with E-state index in [0.717, 1.165) is 5.56 Å². The van der Waals surface area contributed by atoms with Gasteiger partial charge in [0.05, 0.1) is 43.5 Å². The second kappa shape index (κ2) is 8.26. The minimum atomic E-state index is -0.292. The van der Waals surface area contributed by atoms with Gasteiger partial charge in [-0.2, -0.15) is 10.5 Å². The van der Waals surface area contributed by atoms with E-state index in [2.05, 4.69) is 0 Å². The Kier molecular flexibility index (Phi) is 5.59. The van der Waals surface area contributed by atoms with Crippen LogP contribution in [0.15, 0.2) is 42.2 Å². The van der Waals surface area contributed by atoms with Crippen molar-refractivity contribution in [3.63, 3.8) is 0 Å². The van der Waals surface area contributed by atoms with Crippen molar-refractivity contribution in [2.45, 2.75) is 6.54 Å². The van der Waals surface area contributed by atoms with E-state index in [4.69, 9.17) is 20.0 Å². The highest BCUT2D eigenvalue weighted by Crippen LogP contribution is 2.40. The van der Waals surface area contributed by atoms with Gasteiger partial charge >= 0.3 is 0 Å². The number of hydrogen-bond acceptors (Lipinski definition) is 7. The third kappa shape index (κ3) is 3.80. The second-order valence-electron chi connectivity index (χ2n) is 6.11. The topological polar surface area (TPSA) is 107 Å². The first kappa shape index (κ1) is 19.0. The summed E-state index contributed by atoms with van der Waals surface area (Å²) in [6.07, 6.45) is 1.62. The van der Waals surface area contributed by atoms with Crippen molar-refractivity contribution in [2.24, 2.45) is 0 Å². The summed E-state index contributed by atoms with van der Waals surface area (Å²) < 4.78 is 10.9. The number of hydrogen-bond donors (Lipinski definition) is 1. The summed E-state index contributed by atoms with van der Waals surface area (Å²) in [6.45, 7) is 0.136. The molecule has 1 heterocycles. The molecule has 0 saturated heterocycles. The minimum Gasteiger partial charge on any atom is -0.507 e. The number of ketones is 1. The number of ether oxygens (including phenoxy) is 2. The Balaban J connectivity index is 1.93. The van der Waals surface area contributed by atoms with E-state index < -0.39 is 0 Å². The fraction of sp³-hybridized carbons (Fsp3) is 0.190. The van der Waals surface area contributed by atoms with Gasteiger partial charge < -0.3 is 14.6 Å². The Hall–Kier alpha value is -3.81. The molecule has 2 aromatic rings. The molecule has 0 unspecified atom stereocenters. The van der Waals surface area contributed by atoms with Crippen LogP contribution in [0.2, 0.25) is 0 Å². The van der Waals surface area contributed by atoms with Crippen molar-refractivity contribution in [1.29, 1.82) is 10.5 Å². The molecular formula is C21H17N3O4. The van der Waals surface area contributed by atoms with Gasteiger partial charge in [0, 0.05) is 6.54 Å². The van der Waals surface area contributed by atoms with E-state index in [1.54, 1.807) is 42.4 Å². The fourth-order valence-electron chi connectivity index (χ4n) is 2.89. The van der Waals surface area contributed by atoms with Gasteiger partial charge in [-0.1, -0.05) is 12.1 Å². The maximum atomic E-state index is 12.7. The van der Waals surface area contributed by atoms with Crippen LogP contribution in [-0.4, -0.2) is 36.0 Å². The van der Waals surface area contributed by atoms with Crippen molar-refractivity contribution in [3.05, 3.63) is 58.8 Å². The Bertz CT molecular complexity index is 998. The maximum absolute atomic E-state index is 12.7. The van der Waals surface area contributed by atoms with Gasteiger partial charge in [0.2, 0.25) is 5.78 Å². The van der Waals surface area contributed by atoms with E-state index in [1.165, 1.54) is 12.1 Å². The lowest BCUT2D eigenvalue weighted by Crippen LogP contribution is -2.24. The van der Waals surface area contributed by atoms with Crippen LogP contribution in [0.3, 0.4) is 0 Å². The van der Waals surface area contributed by atoms with E-state index >= 15 is 0 Å². The number of carbonyl (C=O) groups excluding carboxylic acids is 1. The Morgan fingerprint density at radius 1 is 1.14 bits per heavy atom. The molecule has 7 heteroatoms. The number of fused-ring (bicyclic) bond motifs is 1. The Morgan fingerprint density at radius 2 is 1.82 bits per heavy atom. The zero-order valence-electron chi connectivity index (χ0n) is 15.2. The minimum absolute atomic E-state index is 0.0131. The molecule has 1 aliphatic heterocycles. The molecule has 28 heavy (non-hydrogen) atoms. The molecule has 3 rings (SSSR count). The molecule has 0 radical (unpaired) electrons. The molecule has 0 bridgehead atoms. The van der Waals surface area contributed by atoms with Gasteiger partial charge in [0.25, 0.3) is 0 Å². The average molecular weight is 375 g/mol. The van der Waals surface area contributed by atoms with E-state index in [-0.39, 0.29) is 42.7 Å². The molecule has 1 N–H and O–H groups in total. The number of carbonyl (C=O) groups is 1. The zero-order chi connectivity index (χ0) is 20.1. The molecule has 0 aromatic heterocycles. The monoisotopic (exact) mass is 375 g/mol. The third-order valence-corrected chi connectivity index (χ3v) is 4.30. The van der Waals surface area contributed by atoms with Gasteiger partial charge in [-0.3, -0.25) is 9.69 Å². The van der Waals surface area contributed by atoms with Crippen molar-refractivity contribution >= 4 is 11.9 Å². The lowest BCUT2D eigenvalue weighted by Gasteiger charge is -2.17. The average Bonchev–Trinajstić information content (AvgIpc) is 3.01. The number of rotatable bonds is 6. The van der Waals surface area contributed by atoms with Crippen molar-refractivity contribution in [2.75, 3.05) is 20.2 Å². The van der Waals surface area contributed by atoms with Crippen LogP contribution < -0.4 is 9.47 Å². The number of Topliss-reactive ketones (excluding diaryl/α,β-unsaturated/α-hetero) is 1. The standard InChI is InChI=1S/C21H17N3O4/c1-27-15-4-2-14(3-5-15)12-19-20(26)16-6-7-18(25)17(21(16)28-19)13-24(10-8-22)11-9-23/h2-7,12,25H,10-11,13H2,1H3/b19-12-. The van der Waals surface area contributed by atoms with E-state index in [1.807, 2.05) is 12.1 Å². The highest BCUT2D eigenvalue weighted by Gasteiger charge is 2.31. The summed E-state index contributed by atoms with van der Waals surface area (Å²) in [5.41, 5.74) is 1.47. The summed E-state index contributed by atoms with van der Waals surface area (Å²) in [5, 5.41) is 28.1. The zero-order valence-corrected chi connectivity index (χ0v) is 15.2. The van der Waals surface area contributed by atoms with Crippen LogP contribution in [0, 0.1) is 22.7 Å². The number of aromatic hydroxyl groups is 1. The number of nitrogens with zero attached hydrogens (tertiary/aromatic N) is 3. The molecule has 0 saturated carbocycles. The quantitative estimate of drug-likeness (QED) is 0.611. The number of phenolic OH excluding ortho intramolecular Hbond substituents is 1. The van der Waals surface area contributed by atoms with Crippen LogP contribution in [0.25, 0.3) is 6.08 Å². The van der Waals surface area contributed by atoms with Crippen LogP contribution in [0.1, 0.15) is 21.5 Å². The number of phenols is 1. The lowest BCUT2D eigenvalue weighted by atomic mass is 10.0. The molecule has 0 amide bonds. The van der Waals surface area contributed by atoms with Gasteiger partial charge in [-0.05, 0) is 35.9 Å². The second-order valence-corrected chi connectivity index (χ2v) is 6.11. The molecule has 1 aliphatic rings. The molecule has 0 atom stereocenters. The Labute approximate surface area is 162 Å². The number of benzene rings is 2. The number of nitriles is 2. The van der Waals surface area contributed by atoms with Crippen LogP contribution in [0.4, 0.5) is 0 Å². The highest BCUT2D eigenvalue weighted by atomic mass is 16.5. The molecule has 2 aromatic carbocycles. The van der Waals surface area contributed by atoms with Crippen LogP contribution >= 0.6 is 0 Å². The molecule has 0 fully saturated rings. The SMILES string of the molecule is COc1ccc(/C=C2\Oc3c(ccc(O)c3CN(CC#N)CC#N)C2=O)cc1. The van der Waals surface area contributed by atoms with Crippen LogP contribution in [0.5, 0.6) is 17.2 Å². The van der Waals surface area contributed by atoms with Crippen molar-refractivity contribution < 1.29 is 19.4 Å². The first-order valence-corrected chi connectivity index (χ1v) is 8.46. The molecule has 7 nitrogen and oxygen atoms in total. The number of methoxy groups -OCH3 is 1. The highest BCUT2D eigenvalue weighted by molar-refractivity contribution is 6.15. The van der Waals surface area contributed by atoms with Crippen LogP contribution in [-0.2, 0) is 6.54 Å². The molecular weight excluding hydrogens is 358 g/mol. The normalized spacial score (nSPS) is 13.7. The van der Waals surface area contributed by atoms with E-state index in [9.17, 15) is 9.90 Å². The summed E-state index contributed by atoms with van der Waals surface area (Å²) in [5.74, 6) is 0.744. The summed E-state index contributed by atoms with van der Waals surface area (Å²) in [7, 11) is 1.57. The van der Waals surface area contributed by atoms with Gasteiger partial charge in [-0.25, -0.2) is 0 Å². The third-order valence-electron chi connectivity index (χ3n) is 4.30. The van der Waals surface area contributed by atoms with Gasteiger partial charge in [0.1, 0.15) is 17.2 Å². The van der Waals surface area contributed by atoms with Crippen molar-refractivity contribution in [3.8, 4) is 29.4 Å². The van der Waals surface area contributed by atoms with Gasteiger partial charge in [0.15, 0.2) is 5.76 Å². The largest absolute Gasteiger partial charge is 0.507 e. The fourth-order valence-corrected chi connectivity index (χ4v) is 2.89.